The molecule has 0 amide bonds. The highest BCUT2D eigenvalue weighted by Crippen LogP contribution is 2.38. The van der Waals surface area contributed by atoms with Gasteiger partial charge in [-0.15, -0.1) is 11.8 Å². The number of ketones is 2. The predicted octanol–water partition coefficient (Wildman–Crippen LogP) is 4.00. The molecule has 0 saturated carbocycles. The molecule has 1 aromatic carbocycles. The van der Waals surface area contributed by atoms with Gasteiger partial charge in [-0.05, 0) is 54.0 Å². The fourth-order valence-corrected chi connectivity index (χ4v) is 6.26. The van der Waals surface area contributed by atoms with E-state index in [4.69, 9.17) is 11.6 Å². The first-order valence-electron chi connectivity index (χ1n) is 8.34. The third-order valence-corrected chi connectivity index (χ3v) is 8.07. The molecular weight excluding hydrogens is 380 g/mol. The lowest BCUT2D eigenvalue weighted by Crippen LogP contribution is -2.19. The molecule has 0 aromatic heterocycles. The van der Waals surface area contributed by atoms with Crippen LogP contribution in [0.1, 0.15) is 48.5 Å². The van der Waals surface area contributed by atoms with Gasteiger partial charge in [-0.3, -0.25) is 9.59 Å². The van der Waals surface area contributed by atoms with Crippen LogP contribution in [-0.4, -0.2) is 31.5 Å². The Morgan fingerprint density at radius 2 is 2.00 bits per heavy atom. The van der Waals surface area contributed by atoms with E-state index in [0.717, 1.165) is 29.9 Å². The molecule has 1 aliphatic heterocycles. The second-order valence-corrected chi connectivity index (χ2v) is 9.87. The van der Waals surface area contributed by atoms with E-state index in [0.29, 0.717) is 18.4 Å². The predicted molar refractivity (Wildman–Crippen MR) is 100 cm³/mol. The minimum absolute atomic E-state index is 0.0128. The molecule has 0 radical (unpaired) electrons. The molecular formula is C18H19ClO4S2. The topological polar surface area (TPSA) is 68.3 Å². The third-order valence-electron chi connectivity index (χ3n) is 4.47. The summed E-state index contributed by atoms with van der Waals surface area (Å²) in [5, 5.41) is 0.175. The number of hydrogen-bond donors (Lipinski definition) is 0. The van der Waals surface area contributed by atoms with Gasteiger partial charge >= 0.3 is 0 Å². The van der Waals surface area contributed by atoms with E-state index in [2.05, 4.69) is 6.92 Å². The zero-order chi connectivity index (χ0) is 18.2. The average molecular weight is 399 g/mol. The van der Waals surface area contributed by atoms with Crippen LogP contribution in [0.3, 0.4) is 0 Å². The highest BCUT2D eigenvalue weighted by molar-refractivity contribution is 8.03. The van der Waals surface area contributed by atoms with E-state index in [-0.39, 0.29) is 38.4 Å². The quantitative estimate of drug-likeness (QED) is 0.553. The fraction of sp³-hybridized carbons (Fsp3) is 0.444. The summed E-state index contributed by atoms with van der Waals surface area (Å²) >= 11 is 7.93. The first-order valence-corrected chi connectivity index (χ1v) is 11.4. The standard InChI is InChI=1S/C18H19ClO4S2/c1-2-9-24-14-5-3-4-13(20)16(14)18(21)12-6-7-15-11(17(12)19)8-10-25(15,22)23/h6-7H,2-5,8-10H2,1H3. The summed E-state index contributed by atoms with van der Waals surface area (Å²) in [5.41, 5.74) is 0.976. The largest absolute Gasteiger partial charge is 0.294 e. The molecule has 0 saturated heterocycles. The smallest absolute Gasteiger partial charge is 0.198 e. The molecule has 0 unspecified atom stereocenters. The Hall–Kier alpha value is -1.11. The van der Waals surface area contributed by atoms with E-state index in [1.807, 2.05) is 0 Å². The van der Waals surface area contributed by atoms with Crippen molar-refractivity contribution >= 4 is 44.8 Å². The SMILES string of the molecule is CCCSC1=C(C(=O)c2ccc3c(c2Cl)CCS3(=O)=O)C(=O)CCC1. The number of halogens is 1. The van der Waals surface area contributed by atoms with E-state index >= 15 is 0 Å². The Morgan fingerprint density at radius 3 is 2.72 bits per heavy atom. The number of thioether (sulfide) groups is 1. The molecule has 1 heterocycles. The zero-order valence-electron chi connectivity index (χ0n) is 13.9. The van der Waals surface area contributed by atoms with Gasteiger partial charge in [-0.2, -0.15) is 0 Å². The highest BCUT2D eigenvalue weighted by Gasteiger charge is 2.33. The molecule has 7 heteroatoms. The molecule has 25 heavy (non-hydrogen) atoms. The maximum absolute atomic E-state index is 13.0. The average Bonchev–Trinajstić information content (AvgIpc) is 2.89. The van der Waals surface area contributed by atoms with Crippen molar-refractivity contribution in [3.05, 3.63) is 38.8 Å². The van der Waals surface area contributed by atoms with Crippen LogP contribution < -0.4 is 0 Å². The van der Waals surface area contributed by atoms with Gasteiger partial charge in [-0.25, -0.2) is 8.42 Å². The van der Waals surface area contributed by atoms with E-state index in [9.17, 15) is 18.0 Å². The van der Waals surface area contributed by atoms with Crippen molar-refractivity contribution in [2.75, 3.05) is 11.5 Å². The molecule has 4 nitrogen and oxygen atoms in total. The number of rotatable bonds is 5. The van der Waals surface area contributed by atoms with Gasteiger partial charge in [0.25, 0.3) is 0 Å². The highest BCUT2D eigenvalue weighted by atomic mass is 35.5. The monoisotopic (exact) mass is 398 g/mol. The van der Waals surface area contributed by atoms with Crippen LogP contribution in [0.4, 0.5) is 0 Å². The van der Waals surface area contributed by atoms with Gasteiger partial charge < -0.3 is 0 Å². The maximum atomic E-state index is 13.0. The van der Waals surface area contributed by atoms with Gasteiger partial charge in [0.2, 0.25) is 0 Å². The summed E-state index contributed by atoms with van der Waals surface area (Å²) < 4.78 is 24.0. The van der Waals surface area contributed by atoms with Crippen LogP contribution in [0.2, 0.25) is 5.02 Å². The first kappa shape index (κ1) is 18.7. The number of sulfone groups is 1. The second-order valence-electron chi connectivity index (χ2n) is 6.23. The fourth-order valence-electron chi connectivity index (χ4n) is 3.22. The Balaban J connectivity index is 2.06. The molecule has 1 aliphatic carbocycles. The first-order chi connectivity index (χ1) is 11.9. The number of allylic oxidation sites excluding steroid dienone is 2. The molecule has 3 rings (SSSR count). The van der Waals surface area contributed by atoms with Crippen molar-refractivity contribution in [1.29, 1.82) is 0 Å². The lowest BCUT2D eigenvalue weighted by Gasteiger charge is -2.19. The molecule has 0 fully saturated rings. The Kier molecular flexibility index (Phi) is 5.42. The van der Waals surface area contributed by atoms with Gasteiger partial charge in [0.1, 0.15) is 0 Å². The summed E-state index contributed by atoms with van der Waals surface area (Å²) in [5.74, 6) is 0.355. The number of Topliss-reactive ketones (excluding diaryl/α,β-unsaturated/α-hetero) is 2. The number of benzene rings is 1. The van der Waals surface area contributed by atoms with E-state index in [1.165, 1.54) is 12.1 Å². The molecule has 0 spiro atoms. The normalized spacial score (nSPS) is 19.2. The summed E-state index contributed by atoms with van der Waals surface area (Å²) in [7, 11) is -3.31. The van der Waals surface area contributed by atoms with Crippen molar-refractivity contribution < 1.29 is 18.0 Å². The summed E-state index contributed by atoms with van der Waals surface area (Å²) in [6, 6.07) is 2.90. The van der Waals surface area contributed by atoms with Crippen LogP contribution in [0, 0.1) is 0 Å². The Labute approximate surface area is 156 Å². The van der Waals surface area contributed by atoms with Gasteiger partial charge in [0, 0.05) is 12.0 Å². The maximum Gasteiger partial charge on any atom is 0.198 e. The molecule has 134 valence electrons. The van der Waals surface area contributed by atoms with Crippen LogP contribution >= 0.6 is 23.4 Å². The third kappa shape index (κ3) is 3.44. The Bertz CT molecular complexity index is 885. The number of carbonyl (C=O) groups excluding carboxylic acids is 2. The van der Waals surface area contributed by atoms with Gasteiger partial charge in [0.05, 0.1) is 21.2 Å². The second kappa shape index (κ2) is 7.25. The van der Waals surface area contributed by atoms with E-state index in [1.54, 1.807) is 11.8 Å². The van der Waals surface area contributed by atoms with Gasteiger partial charge in [-0.1, -0.05) is 18.5 Å². The summed E-state index contributed by atoms with van der Waals surface area (Å²) in [6.45, 7) is 2.05. The van der Waals surface area contributed by atoms with Crippen molar-refractivity contribution in [2.24, 2.45) is 0 Å². The lowest BCUT2D eigenvalue weighted by molar-refractivity contribution is -0.115. The number of fused-ring (bicyclic) bond motifs is 1. The zero-order valence-corrected chi connectivity index (χ0v) is 16.3. The minimum atomic E-state index is -3.31. The molecule has 0 N–H and O–H groups in total. The minimum Gasteiger partial charge on any atom is -0.294 e. The number of carbonyl (C=O) groups is 2. The number of hydrogen-bond acceptors (Lipinski definition) is 5. The van der Waals surface area contributed by atoms with Crippen LogP contribution in [0.25, 0.3) is 0 Å². The van der Waals surface area contributed by atoms with Crippen molar-refractivity contribution in [2.45, 2.75) is 43.9 Å². The van der Waals surface area contributed by atoms with Crippen LogP contribution in [0.5, 0.6) is 0 Å². The molecule has 1 aromatic rings. The van der Waals surface area contributed by atoms with Crippen molar-refractivity contribution in [3.8, 4) is 0 Å². The summed E-state index contributed by atoms with van der Waals surface area (Å²) in [4.78, 5) is 26.5. The Morgan fingerprint density at radius 1 is 1.24 bits per heavy atom. The molecule has 0 bridgehead atoms. The lowest BCUT2D eigenvalue weighted by atomic mass is 9.91. The van der Waals surface area contributed by atoms with Crippen molar-refractivity contribution in [3.63, 3.8) is 0 Å². The molecule has 2 aliphatic rings. The van der Waals surface area contributed by atoms with Crippen molar-refractivity contribution in [1.82, 2.24) is 0 Å². The van der Waals surface area contributed by atoms with E-state index < -0.39 is 9.84 Å². The summed E-state index contributed by atoms with van der Waals surface area (Å²) in [6.07, 6.45) is 3.13. The van der Waals surface area contributed by atoms with Crippen LogP contribution in [-0.2, 0) is 21.1 Å². The van der Waals surface area contributed by atoms with Gasteiger partial charge in [0.15, 0.2) is 21.4 Å². The van der Waals surface area contributed by atoms with Crippen LogP contribution in [0.15, 0.2) is 27.5 Å². The molecule has 0 atom stereocenters.